The van der Waals surface area contributed by atoms with Gasteiger partial charge in [0.05, 0.1) is 0 Å². The largest absolute Gasteiger partial charge is 0.348 e. The van der Waals surface area contributed by atoms with Gasteiger partial charge < -0.3 is 10.3 Å². The van der Waals surface area contributed by atoms with Crippen LogP contribution in [-0.2, 0) is 12.8 Å². The van der Waals surface area contributed by atoms with Crippen LogP contribution in [0, 0.1) is 0 Å². The molecular weight excluding hydrogens is 228 g/mol. The molecule has 1 heterocycles. The summed E-state index contributed by atoms with van der Waals surface area (Å²) in [5, 5.41) is 2.62. The molecule has 1 aromatic heterocycles. The molecule has 0 unspecified atom stereocenters. The number of H-pyrrole nitrogens is 1. The SMILES string of the molecule is C=CCNC(=O)c1cc(CC)c(CCC)[nH]c1=O. The Kier molecular flexibility index (Phi) is 5.36. The van der Waals surface area contributed by atoms with Gasteiger partial charge in [0.1, 0.15) is 5.56 Å². The lowest BCUT2D eigenvalue weighted by Gasteiger charge is -2.09. The highest BCUT2D eigenvalue weighted by Gasteiger charge is 2.13. The van der Waals surface area contributed by atoms with Gasteiger partial charge >= 0.3 is 0 Å². The van der Waals surface area contributed by atoms with Crippen molar-refractivity contribution < 1.29 is 4.79 Å². The molecule has 0 bridgehead atoms. The van der Waals surface area contributed by atoms with Crippen molar-refractivity contribution >= 4 is 5.91 Å². The van der Waals surface area contributed by atoms with Gasteiger partial charge in [0.15, 0.2) is 0 Å². The smallest absolute Gasteiger partial charge is 0.261 e. The van der Waals surface area contributed by atoms with Crippen molar-refractivity contribution in [1.82, 2.24) is 10.3 Å². The number of pyridine rings is 1. The first-order valence-electron chi connectivity index (χ1n) is 6.28. The molecule has 0 saturated carbocycles. The van der Waals surface area contributed by atoms with E-state index in [0.29, 0.717) is 6.54 Å². The van der Waals surface area contributed by atoms with E-state index in [1.807, 2.05) is 6.92 Å². The highest BCUT2D eigenvalue weighted by molar-refractivity contribution is 5.94. The fourth-order valence-electron chi connectivity index (χ4n) is 1.83. The average Bonchev–Trinajstić information content (AvgIpc) is 2.36. The van der Waals surface area contributed by atoms with Crippen LogP contribution < -0.4 is 10.9 Å². The Hall–Kier alpha value is -1.84. The third kappa shape index (κ3) is 3.32. The molecule has 0 aliphatic carbocycles. The van der Waals surface area contributed by atoms with E-state index in [1.165, 1.54) is 0 Å². The molecule has 0 fully saturated rings. The Morgan fingerprint density at radius 1 is 1.50 bits per heavy atom. The number of hydrogen-bond donors (Lipinski definition) is 2. The summed E-state index contributed by atoms with van der Waals surface area (Å²) in [5.41, 5.74) is 1.82. The van der Waals surface area contributed by atoms with E-state index in [1.54, 1.807) is 12.1 Å². The van der Waals surface area contributed by atoms with Crippen LogP contribution in [0.4, 0.5) is 0 Å². The summed E-state index contributed by atoms with van der Waals surface area (Å²) in [7, 11) is 0. The van der Waals surface area contributed by atoms with Gasteiger partial charge in [-0.25, -0.2) is 0 Å². The van der Waals surface area contributed by atoms with Crippen molar-refractivity contribution in [1.29, 1.82) is 0 Å². The maximum atomic E-state index is 11.8. The Morgan fingerprint density at radius 3 is 2.78 bits per heavy atom. The summed E-state index contributed by atoms with van der Waals surface area (Å²) >= 11 is 0. The summed E-state index contributed by atoms with van der Waals surface area (Å²) in [5.74, 6) is -0.353. The molecule has 0 atom stereocenters. The highest BCUT2D eigenvalue weighted by atomic mass is 16.2. The fourth-order valence-corrected chi connectivity index (χ4v) is 1.83. The molecule has 0 saturated heterocycles. The molecule has 4 heteroatoms. The van der Waals surface area contributed by atoms with E-state index in [0.717, 1.165) is 30.5 Å². The number of aromatic amines is 1. The maximum Gasteiger partial charge on any atom is 0.261 e. The minimum absolute atomic E-state index is 0.175. The molecular formula is C14H20N2O2. The molecule has 98 valence electrons. The molecule has 0 aliphatic heterocycles. The molecule has 0 spiro atoms. The zero-order valence-corrected chi connectivity index (χ0v) is 11.0. The van der Waals surface area contributed by atoms with Crippen LogP contribution in [0.2, 0.25) is 0 Å². The number of hydrogen-bond acceptors (Lipinski definition) is 2. The second-order valence-corrected chi connectivity index (χ2v) is 4.12. The van der Waals surface area contributed by atoms with E-state index >= 15 is 0 Å². The van der Waals surface area contributed by atoms with Crippen molar-refractivity contribution in [3.05, 3.63) is 45.9 Å². The van der Waals surface area contributed by atoms with Crippen molar-refractivity contribution in [3.63, 3.8) is 0 Å². The lowest BCUT2D eigenvalue weighted by molar-refractivity contribution is 0.0956. The van der Waals surface area contributed by atoms with Gasteiger partial charge in [-0.2, -0.15) is 0 Å². The van der Waals surface area contributed by atoms with Crippen molar-refractivity contribution in [3.8, 4) is 0 Å². The maximum absolute atomic E-state index is 11.8. The predicted octanol–water partition coefficient (Wildman–Crippen LogP) is 1.81. The first-order valence-corrected chi connectivity index (χ1v) is 6.28. The van der Waals surface area contributed by atoms with Crippen molar-refractivity contribution in [2.75, 3.05) is 6.54 Å². The summed E-state index contributed by atoms with van der Waals surface area (Å²) in [6.45, 7) is 7.95. The minimum Gasteiger partial charge on any atom is -0.348 e. The summed E-state index contributed by atoms with van der Waals surface area (Å²) in [6, 6.07) is 1.70. The van der Waals surface area contributed by atoms with Gasteiger partial charge in [0.2, 0.25) is 0 Å². The van der Waals surface area contributed by atoms with Crippen LogP contribution in [0.5, 0.6) is 0 Å². The summed E-state index contributed by atoms with van der Waals surface area (Å²) in [6.07, 6.45) is 4.17. The quantitative estimate of drug-likeness (QED) is 0.754. The number of aromatic nitrogens is 1. The third-order valence-corrected chi connectivity index (χ3v) is 2.75. The van der Waals surface area contributed by atoms with Crippen LogP contribution in [0.15, 0.2) is 23.5 Å². The number of nitrogens with one attached hydrogen (secondary N) is 2. The number of rotatable bonds is 6. The van der Waals surface area contributed by atoms with Gasteiger partial charge in [0, 0.05) is 12.2 Å². The van der Waals surface area contributed by atoms with Crippen LogP contribution in [-0.4, -0.2) is 17.4 Å². The van der Waals surface area contributed by atoms with E-state index in [9.17, 15) is 9.59 Å². The molecule has 18 heavy (non-hydrogen) atoms. The molecule has 1 rings (SSSR count). The van der Waals surface area contributed by atoms with E-state index in [2.05, 4.69) is 23.8 Å². The van der Waals surface area contributed by atoms with Gasteiger partial charge in [0.25, 0.3) is 11.5 Å². The van der Waals surface area contributed by atoms with Gasteiger partial charge in [-0.1, -0.05) is 26.3 Å². The van der Waals surface area contributed by atoms with E-state index in [4.69, 9.17) is 0 Å². The summed E-state index contributed by atoms with van der Waals surface area (Å²) < 4.78 is 0. The number of amides is 1. The van der Waals surface area contributed by atoms with Crippen LogP contribution in [0.25, 0.3) is 0 Å². The Labute approximate surface area is 107 Å². The number of aryl methyl sites for hydroxylation is 2. The monoisotopic (exact) mass is 248 g/mol. The Morgan fingerprint density at radius 2 is 2.22 bits per heavy atom. The molecule has 0 aromatic carbocycles. The average molecular weight is 248 g/mol. The Balaban J connectivity index is 3.10. The lowest BCUT2D eigenvalue weighted by Crippen LogP contribution is -2.30. The molecule has 1 amide bonds. The molecule has 2 N–H and O–H groups in total. The standard InChI is InChI=1S/C14H20N2O2/c1-4-7-12-10(6-3)9-11(14(18)16-12)13(17)15-8-5-2/h5,9H,2,4,6-8H2,1,3H3,(H,15,17)(H,16,18). The number of carbonyl (C=O) groups is 1. The molecule has 1 aromatic rings. The first-order chi connectivity index (χ1) is 8.63. The van der Waals surface area contributed by atoms with Gasteiger partial charge in [-0.15, -0.1) is 6.58 Å². The predicted molar refractivity (Wildman–Crippen MR) is 73.0 cm³/mol. The second kappa shape index (κ2) is 6.79. The van der Waals surface area contributed by atoms with E-state index < -0.39 is 0 Å². The minimum atomic E-state index is -0.353. The van der Waals surface area contributed by atoms with Crippen molar-refractivity contribution in [2.24, 2.45) is 0 Å². The normalized spacial score (nSPS) is 10.1. The van der Waals surface area contributed by atoms with E-state index in [-0.39, 0.29) is 17.0 Å². The highest BCUT2D eigenvalue weighted by Crippen LogP contribution is 2.09. The zero-order valence-electron chi connectivity index (χ0n) is 11.0. The first kappa shape index (κ1) is 14.2. The van der Waals surface area contributed by atoms with Crippen molar-refractivity contribution in [2.45, 2.75) is 33.1 Å². The molecule has 4 nitrogen and oxygen atoms in total. The van der Waals surface area contributed by atoms with Crippen LogP contribution in [0.1, 0.15) is 41.9 Å². The van der Waals surface area contributed by atoms with Crippen LogP contribution in [0.3, 0.4) is 0 Å². The third-order valence-electron chi connectivity index (χ3n) is 2.75. The van der Waals surface area contributed by atoms with Gasteiger partial charge in [-0.3, -0.25) is 9.59 Å². The summed E-state index contributed by atoms with van der Waals surface area (Å²) in [4.78, 5) is 26.4. The zero-order chi connectivity index (χ0) is 13.5. The fraction of sp³-hybridized carbons (Fsp3) is 0.429. The number of carbonyl (C=O) groups excluding carboxylic acids is 1. The van der Waals surface area contributed by atoms with Gasteiger partial charge in [-0.05, 0) is 24.5 Å². The second-order valence-electron chi connectivity index (χ2n) is 4.12. The molecule has 0 radical (unpaired) electrons. The molecule has 0 aliphatic rings. The van der Waals surface area contributed by atoms with Crippen LogP contribution >= 0.6 is 0 Å². The topological polar surface area (TPSA) is 62.0 Å². The lowest BCUT2D eigenvalue weighted by atomic mass is 10.0. The Bertz CT molecular complexity index is 489.